The van der Waals surface area contributed by atoms with Crippen molar-refractivity contribution in [1.82, 2.24) is 9.42 Å². The third kappa shape index (κ3) is 2.61. The molecule has 0 aliphatic carbocycles. The van der Waals surface area contributed by atoms with Gasteiger partial charge in [-0.3, -0.25) is 0 Å². The van der Waals surface area contributed by atoms with Gasteiger partial charge < -0.3 is 9.66 Å². The molecule has 14 heavy (non-hydrogen) atoms. The van der Waals surface area contributed by atoms with Crippen LogP contribution in [0.25, 0.3) is 0 Å². The zero-order valence-corrected chi connectivity index (χ0v) is 7.17. The third-order valence-corrected chi connectivity index (χ3v) is 1.51. The summed E-state index contributed by atoms with van der Waals surface area (Å²) in [4.78, 5) is 31.0. The molecule has 0 aromatic rings. The number of amides is 3. The molecule has 80 valence electrons. The molecule has 0 aliphatic heterocycles. The van der Waals surface area contributed by atoms with Crippen LogP contribution in [-0.4, -0.2) is 36.2 Å². The van der Waals surface area contributed by atoms with Crippen LogP contribution < -0.4 is 5.84 Å². The van der Waals surface area contributed by atoms with Crippen molar-refractivity contribution in [2.75, 3.05) is 0 Å². The van der Waals surface area contributed by atoms with Gasteiger partial charge in [0.1, 0.15) is 0 Å². The molecule has 11 nitrogen and oxygen atoms in total. The molecule has 0 saturated heterocycles. The molecule has 0 radical (unpaired) electrons. The topological polar surface area (TPSA) is 174 Å². The normalized spacial score (nSPS) is 11.6. The summed E-state index contributed by atoms with van der Waals surface area (Å²) in [7, 11) is 0. The fourth-order valence-corrected chi connectivity index (χ4v) is 0.743. The van der Waals surface area contributed by atoms with Gasteiger partial charge in [-0.25, -0.2) is 30.3 Å². The highest BCUT2D eigenvalue weighted by molar-refractivity contribution is 7.78. The minimum atomic E-state index is -2.80. The Morgan fingerprint density at radius 1 is 1.57 bits per heavy atom. The lowest BCUT2D eigenvalue weighted by Crippen LogP contribution is -2.51. The second kappa shape index (κ2) is 4.45. The van der Waals surface area contributed by atoms with Crippen LogP contribution in [0.5, 0.6) is 0 Å². The van der Waals surface area contributed by atoms with Crippen molar-refractivity contribution in [2.24, 2.45) is 5.84 Å². The van der Waals surface area contributed by atoms with Gasteiger partial charge >= 0.3 is 12.1 Å². The molecule has 0 aromatic heterocycles. The highest BCUT2D eigenvalue weighted by Gasteiger charge is 2.35. The molecule has 0 aliphatic rings. The summed E-state index contributed by atoms with van der Waals surface area (Å²) in [5, 5.41) is 16.3. The summed E-state index contributed by atoms with van der Waals surface area (Å²) in [5.74, 6) is 4.58. The number of hydrogen-bond donors (Lipinski definition) is 4. The van der Waals surface area contributed by atoms with Crippen LogP contribution >= 0.6 is 0 Å². The number of hydrogen-bond acceptors (Lipinski definition) is 6. The van der Waals surface area contributed by atoms with E-state index < -0.39 is 37.7 Å². The minimum Gasteiger partial charge on any atom is -0.464 e. The standard InChI is InChI=1S/C2H5N5O6S/c3-5(2(9)10)1(8)6(7(11)12)14(4)13/h3H2,(H2,4,13)(H,9,10). The minimum absolute atomic E-state index is 0.520. The number of carbonyl (C=O) groups is 2. The molecule has 0 fully saturated rings. The van der Waals surface area contributed by atoms with E-state index in [0.29, 0.717) is 0 Å². The van der Waals surface area contributed by atoms with E-state index in [0.717, 1.165) is 0 Å². The summed E-state index contributed by atoms with van der Waals surface area (Å²) in [6.07, 6.45) is -1.95. The Kier molecular flexibility index (Phi) is 3.88. The number of nitrogens with two attached hydrogens (primary N) is 1. The lowest BCUT2D eigenvalue weighted by atomic mass is 10.9. The van der Waals surface area contributed by atoms with E-state index in [-0.39, 0.29) is 0 Å². The van der Waals surface area contributed by atoms with Gasteiger partial charge in [0.25, 0.3) is 0 Å². The maximum atomic E-state index is 10.8. The van der Waals surface area contributed by atoms with E-state index in [2.05, 4.69) is 5.84 Å². The van der Waals surface area contributed by atoms with E-state index in [1.165, 1.54) is 0 Å². The van der Waals surface area contributed by atoms with E-state index in [1.54, 1.807) is 0 Å². The summed E-state index contributed by atoms with van der Waals surface area (Å²) >= 11 is -2.80. The maximum Gasteiger partial charge on any atom is 0.430 e. The molecule has 0 spiro atoms. The van der Waals surface area contributed by atoms with Crippen LogP contribution in [0.4, 0.5) is 9.59 Å². The first kappa shape index (κ1) is 12.2. The van der Waals surface area contributed by atoms with Crippen LogP contribution in [0.1, 0.15) is 0 Å². The Hall–Kier alpha value is -1.79. The number of urea groups is 1. The highest BCUT2D eigenvalue weighted by atomic mass is 32.2. The van der Waals surface area contributed by atoms with Gasteiger partial charge in [0, 0.05) is 0 Å². The fourth-order valence-electron chi connectivity index (χ4n) is 0.381. The Labute approximate surface area is 78.6 Å². The molecule has 0 heterocycles. The molecular weight excluding hydrogens is 222 g/mol. The number of hydrazine groups is 2. The van der Waals surface area contributed by atoms with Crippen molar-refractivity contribution < 1.29 is 24.3 Å². The zero-order valence-electron chi connectivity index (χ0n) is 6.35. The van der Waals surface area contributed by atoms with Crippen molar-refractivity contribution in [2.45, 2.75) is 0 Å². The number of nitrogens with one attached hydrogen (secondary N) is 1. The van der Waals surface area contributed by atoms with Crippen molar-refractivity contribution in [3.8, 4) is 0 Å². The number of carbonyl (C=O) groups excluding carboxylic acids is 1. The lowest BCUT2D eigenvalue weighted by molar-refractivity contribution is -0.599. The summed E-state index contributed by atoms with van der Waals surface area (Å²) < 4.78 is 14.3. The molecule has 0 aromatic carbocycles. The monoisotopic (exact) mass is 227 g/mol. The number of rotatable bonds is 2. The zero-order chi connectivity index (χ0) is 11.5. The predicted octanol–water partition coefficient (Wildman–Crippen LogP) is -0.778. The second-order valence-electron chi connectivity index (χ2n) is 1.71. The average molecular weight is 227 g/mol. The van der Waals surface area contributed by atoms with Gasteiger partial charge in [-0.05, 0) is 0 Å². The van der Waals surface area contributed by atoms with Crippen molar-refractivity contribution in [3.63, 3.8) is 0 Å². The largest absolute Gasteiger partial charge is 0.464 e. The number of nitrogens with zero attached hydrogens (tertiary/aromatic N) is 3. The number of nitro groups is 1. The van der Waals surface area contributed by atoms with E-state index >= 15 is 0 Å². The lowest BCUT2D eigenvalue weighted by Gasteiger charge is -2.13. The van der Waals surface area contributed by atoms with Crippen LogP contribution in [0, 0.1) is 14.9 Å². The van der Waals surface area contributed by atoms with Crippen LogP contribution in [0.2, 0.25) is 0 Å². The molecule has 0 saturated carbocycles. The summed E-state index contributed by atoms with van der Waals surface area (Å²) in [5.41, 5.74) is 0. The van der Waals surface area contributed by atoms with Crippen LogP contribution in [0.3, 0.4) is 0 Å². The second-order valence-corrected chi connectivity index (χ2v) is 2.58. The summed E-state index contributed by atoms with van der Waals surface area (Å²) in [6.45, 7) is 0. The number of carboxylic acid groups (broad SMARTS) is 1. The Bertz CT molecular complexity index is 289. The first-order valence-corrected chi connectivity index (χ1v) is 3.83. The van der Waals surface area contributed by atoms with Crippen LogP contribution in [-0.2, 0) is 11.2 Å². The number of imide groups is 1. The van der Waals surface area contributed by atoms with Gasteiger partial charge in [0.05, 0.1) is 4.41 Å². The fraction of sp³-hybridized carbons (Fsp3) is 0. The van der Waals surface area contributed by atoms with Gasteiger partial charge in [-0.2, -0.15) is 5.01 Å². The molecule has 0 rings (SSSR count). The van der Waals surface area contributed by atoms with Gasteiger partial charge in [0.2, 0.25) is 11.2 Å². The van der Waals surface area contributed by atoms with E-state index in [4.69, 9.17) is 14.4 Å². The SMILES string of the molecule is N=S(O)N(C(=O)N(N)C(=O)O)[N+](=O)[O-]. The van der Waals surface area contributed by atoms with Crippen molar-refractivity contribution >= 4 is 23.3 Å². The molecule has 12 heteroatoms. The Balaban J connectivity index is 4.87. The molecule has 1 atom stereocenters. The summed E-state index contributed by atoms with van der Waals surface area (Å²) in [6, 6.07) is -1.83. The highest BCUT2D eigenvalue weighted by Crippen LogP contribution is 1.99. The molecule has 1 unspecified atom stereocenters. The van der Waals surface area contributed by atoms with Crippen molar-refractivity contribution in [3.05, 3.63) is 10.1 Å². The molecule has 5 N–H and O–H groups in total. The first-order valence-electron chi connectivity index (χ1n) is 2.70. The molecular formula is C2H5N5O6S. The Morgan fingerprint density at radius 2 is 2.00 bits per heavy atom. The first-order chi connectivity index (χ1) is 6.29. The van der Waals surface area contributed by atoms with Gasteiger partial charge in [-0.15, -0.1) is 0 Å². The van der Waals surface area contributed by atoms with Crippen molar-refractivity contribution in [1.29, 1.82) is 4.78 Å². The molecule has 0 bridgehead atoms. The predicted molar refractivity (Wildman–Crippen MR) is 41.0 cm³/mol. The van der Waals surface area contributed by atoms with Gasteiger partial charge in [0.15, 0.2) is 5.03 Å². The van der Waals surface area contributed by atoms with Crippen LogP contribution in [0.15, 0.2) is 0 Å². The average Bonchev–Trinajstić information content (AvgIpc) is 2.01. The molecule has 3 amide bonds. The quantitative estimate of drug-likeness (QED) is 0.207. The Morgan fingerprint density at radius 3 is 2.21 bits per heavy atom. The van der Waals surface area contributed by atoms with E-state index in [9.17, 15) is 19.7 Å². The van der Waals surface area contributed by atoms with Gasteiger partial charge in [-0.1, -0.05) is 0 Å². The third-order valence-electron chi connectivity index (χ3n) is 0.888. The smallest absolute Gasteiger partial charge is 0.430 e. The van der Waals surface area contributed by atoms with E-state index in [1.807, 2.05) is 0 Å². The maximum absolute atomic E-state index is 10.8.